The van der Waals surface area contributed by atoms with Crippen molar-refractivity contribution in [2.45, 2.75) is 56.9 Å². The quantitative estimate of drug-likeness (QED) is 0.262. The number of rotatable bonds is 5. The normalized spacial score (nSPS) is 23.2. The summed E-state index contributed by atoms with van der Waals surface area (Å²) in [6.07, 6.45) is 0.103. The van der Waals surface area contributed by atoms with E-state index in [-0.39, 0.29) is 5.57 Å². The van der Waals surface area contributed by atoms with E-state index in [0.29, 0.717) is 11.1 Å². The molecule has 0 aromatic heterocycles. The summed E-state index contributed by atoms with van der Waals surface area (Å²) in [4.78, 5) is 39.7. The lowest BCUT2D eigenvalue weighted by Crippen LogP contribution is -2.59. The van der Waals surface area contributed by atoms with Gasteiger partial charge in [0.2, 0.25) is 0 Å². The highest BCUT2D eigenvalue weighted by Crippen LogP contribution is 2.49. The molecule has 0 N–H and O–H groups in total. The second kappa shape index (κ2) is 8.89. The first kappa shape index (κ1) is 25.6. The molecule has 0 saturated carbocycles. The van der Waals surface area contributed by atoms with Gasteiger partial charge in [-0.15, -0.1) is 0 Å². The zero-order valence-electron chi connectivity index (χ0n) is 20.8. The molecule has 36 heavy (non-hydrogen) atoms. The summed E-state index contributed by atoms with van der Waals surface area (Å²) in [5, 5.41) is -1.39. The highest BCUT2D eigenvalue weighted by molar-refractivity contribution is 7.94. The number of hydrogen-bond donors (Lipinski definition) is 0. The van der Waals surface area contributed by atoms with Crippen molar-refractivity contribution >= 4 is 27.7 Å². The Balaban J connectivity index is 1.66. The highest BCUT2D eigenvalue weighted by atomic mass is 32.2. The molecule has 0 bridgehead atoms. The molecule has 2 aliphatic heterocycles. The van der Waals surface area contributed by atoms with Crippen LogP contribution in [0, 0.1) is 5.41 Å². The van der Waals surface area contributed by atoms with E-state index in [1.165, 1.54) is 13.8 Å². The Hall–Kier alpha value is -3.46. The van der Waals surface area contributed by atoms with Gasteiger partial charge in [-0.05, 0) is 45.7 Å². The SMILES string of the molecule is CC(C)(C)C(=O)O/C=C1/C(=O)N2[C@@H](C(=O)OC(c3ccccc3)c3ccccc3)C(C)(C)S(=O)(=O)[C@H]12. The first-order chi connectivity index (χ1) is 16.8. The zero-order chi connectivity index (χ0) is 26.5. The van der Waals surface area contributed by atoms with Gasteiger partial charge in [-0.1, -0.05) is 60.7 Å². The van der Waals surface area contributed by atoms with Crippen molar-refractivity contribution in [1.29, 1.82) is 0 Å². The van der Waals surface area contributed by atoms with Crippen molar-refractivity contribution in [3.63, 3.8) is 0 Å². The molecule has 2 aromatic rings. The molecule has 0 spiro atoms. The molecule has 4 rings (SSSR count). The molecule has 0 aliphatic carbocycles. The van der Waals surface area contributed by atoms with E-state index in [4.69, 9.17) is 9.47 Å². The second-order valence-electron chi connectivity index (χ2n) is 10.5. The molecule has 2 atom stereocenters. The van der Waals surface area contributed by atoms with Gasteiger partial charge in [-0.2, -0.15) is 0 Å². The predicted molar refractivity (Wildman–Crippen MR) is 132 cm³/mol. The molecule has 0 unspecified atom stereocenters. The van der Waals surface area contributed by atoms with Crippen LogP contribution in [0.4, 0.5) is 0 Å². The number of nitrogens with zero attached hydrogens (tertiary/aromatic N) is 1. The Morgan fingerprint density at radius 2 is 1.47 bits per heavy atom. The maximum atomic E-state index is 13.6. The lowest BCUT2D eigenvalue weighted by Gasteiger charge is -2.38. The number of sulfone groups is 1. The molecule has 190 valence electrons. The summed E-state index contributed by atoms with van der Waals surface area (Å²) in [6.45, 7) is 7.72. The van der Waals surface area contributed by atoms with Gasteiger partial charge in [0.25, 0.3) is 5.91 Å². The second-order valence-corrected chi connectivity index (χ2v) is 13.1. The number of ether oxygens (including phenoxy) is 2. The monoisotopic (exact) mass is 511 g/mol. The van der Waals surface area contributed by atoms with Crippen molar-refractivity contribution in [2.75, 3.05) is 0 Å². The topological polar surface area (TPSA) is 107 Å². The summed E-state index contributed by atoms with van der Waals surface area (Å²) < 4.78 is 36.2. The van der Waals surface area contributed by atoms with Crippen LogP contribution in [0.5, 0.6) is 0 Å². The third-order valence-corrected chi connectivity index (χ3v) is 9.29. The molecular weight excluding hydrogens is 482 g/mol. The molecule has 8 nitrogen and oxygen atoms in total. The van der Waals surface area contributed by atoms with Gasteiger partial charge in [0.15, 0.2) is 27.4 Å². The maximum absolute atomic E-state index is 13.6. The number of fused-ring (bicyclic) bond motifs is 1. The van der Waals surface area contributed by atoms with Crippen LogP contribution in [-0.4, -0.2) is 47.3 Å². The molecule has 2 saturated heterocycles. The van der Waals surface area contributed by atoms with Crippen molar-refractivity contribution < 1.29 is 32.3 Å². The molecule has 2 fully saturated rings. The van der Waals surface area contributed by atoms with Gasteiger partial charge in [0.05, 0.1) is 11.0 Å². The third kappa shape index (κ3) is 4.11. The molecule has 2 heterocycles. The average molecular weight is 512 g/mol. The zero-order valence-corrected chi connectivity index (χ0v) is 21.6. The average Bonchev–Trinajstić information content (AvgIpc) is 2.97. The number of carbonyl (C=O) groups is 3. The van der Waals surface area contributed by atoms with E-state index >= 15 is 0 Å². The summed E-state index contributed by atoms with van der Waals surface area (Å²) in [7, 11) is -4.05. The van der Waals surface area contributed by atoms with Crippen LogP contribution in [0.1, 0.15) is 51.8 Å². The van der Waals surface area contributed by atoms with E-state index in [1.807, 2.05) is 60.7 Å². The standard InChI is InChI=1S/C27H29NO7S/c1-26(2,3)25(31)34-16-19-22(29)28-21(27(4,5)36(32,33)23(19)28)24(30)35-20(17-12-8-6-9-13-17)18-14-10-7-11-15-18/h6-16,20-21,23H,1-5H3/b19-16-/t21-,23+/m0/s1. The van der Waals surface area contributed by atoms with Gasteiger partial charge in [-0.3, -0.25) is 9.59 Å². The number of benzene rings is 2. The van der Waals surface area contributed by atoms with Crippen LogP contribution < -0.4 is 0 Å². The van der Waals surface area contributed by atoms with E-state index < -0.39 is 55.4 Å². The van der Waals surface area contributed by atoms with Crippen molar-refractivity contribution in [1.82, 2.24) is 4.90 Å². The smallest absolute Gasteiger partial charge is 0.331 e. The molecule has 2 aromatic carbocycles. The van der Waals surface area contributed by atoms with E-state index in [1.54, 1.807) is 20.8 Å². The Bertz CT molecular complexity index is 1290. The first-order valence-electron chi connectivity index (χ1n) is 11.6. The number of hydrogen-bond acceptors (Lipinski definition) is 7. The highest BCUT2D eigenvalue weighted by Gasteiger charge is 2.71. The van der Waals surface area contributed by atoms with Crippen LogP contribution in [0.3, 0.4) is 0 Å². The molecular formula is C27H29NO7S. The lowest BCUT2D eigenvalue weighted by atomic mass is 9.95. The minimum absolute atomic E-state index is 0.182. The predicted octanol–water partition coefficient (Wildman–Crippen LogP) is 3.54. The summed E-state index contributed by atoms with van der Waals surface area (Å²) in [6, 6.07) is 16.8. The van der Waals surface area contributed by atoms with E-state index in [0.717, 1.165) is 11.2 Å². The molecule has 9 heteroatoms. The Kier molecular flexibility index (Phi) is 6.33. The summed E-state index contributed by atoms with van der Waals surface area (Å²) in [5.41, 5.74) is 0.389. The van der Waals surface area contributed by atoms with Crippen molar-refractivity contribution in [2.24, 2.45) is 5.41 Å². The molecule has 1 amide bonds. The molecule has 2 aliphatic rings. The van der Waals surface area contributed by atoms with Crippen molar-refractivity contribution in [3.8, 4) is 0 Å². The molecule has 0 radical (unpaired) electrons. The van der Waals surface area contributed by atoms with Gasteiger partial charge in [0, 0.05) is 0 Å². The van der Waals surface area contributed by atoms with E-state index in [2.05, 4.69) is 0 Å². The minimum atomic E-state index is -4.05. The van der Waals surface area contributed by atoms with Crippen LogP contribution in [-0.2, 0) is 33.7 Å². The number of carbonyl (C=O) groups excluding carboxylic acids is 3. The fourth-order valence-corrected chi connectivity index (χ4v) is 6.46. The number of esters is 2. The van der Waals surface area contributed by atoms with Gasteiger partial charge in [-0.25, -0.2) is 13.2 Å². The third-order valence-electron chi connectivity index (χ3n) is 6.53. The van der Waals surface area contributed by atoms with Crippen LogP contribution in [0.25, 0.3) is 0 Å². The lowest BCUT2D eigenvalue weighted by molar-refractivity contribution is -0.161. The summed E-state index contributed by atoms with van der Waals surface area (Å²) >= 11 is 0. The Morgan fingerprint density at radius 3 is 1.94 bits per heavy atom. The fourth-order valence-electron chi connectivity index (χ4n) is 4.36. The Labute approximate surface area is 210 Å². The van der Waals surface area contributed by atoms with Crippen LogP contribution in [0.15, 0.2) is 72.5 Å². The van der Waals surface area contributed by atoms with E-state index in [9.17, 15) is 22.8 Å². The maximum Gasteiger partial charge on any atom is 0.331 e. The van der Waals surface area contributed by atoms with Gasteiger partial charge >= 0.3 is 11.9 Å². The first-order valence-corrected chi connectivity index (χ1v) is 13.1. The summed E-state index contributed by atoms with van der Waals surface area (Å²) in [5.74, 6) is -2.13. The fraction of sp³-hybridized carbons (Fsp3) is 0.370. The van der Waals surface area contributed by atoms with Crippen LogP contribution in [0.2, 0.25) is 0 Å². The number of amides is 1. The van der Waals surface area contributed by atoms with Crippen molar-refractivity contribution in [3.05, 3.63) is 83.6 Å². The van der Waals surface area contributed by atoms with Crippen LogP contribution >= 0.6 is 0 Å². The minimum Gasteiger partial charge on any atom is -0.451 e. The van der Waals surface area contributed by atoms with Gasteiger partial charge < -0.3 is 14.4 Å². The number of β-lactam (4-membered cyclic amide) rings is 1. The van der Waals surface area contributed by atoms with Gasteiger partial charge in [0.1, 0.15) is 11.0 Å². The Morgan fingerprint density at radius 1 is 0.972 bits per heavy atom. The largest absolute Gasteiger partial charge is 0.451 e.